The lowest BCUT2D eigenvalue weighted by Gasteiger charge is -2.07. The molecule has 1 amide bonds. The first-order valence-electron chi connectivity index (χ1n) is 5.35. The van der Waals surface area contributed by atoms with Crippen molar-refractivity contribution in [3.05, 3.63) is 33.9 Å². The van der Waals surface area contributed by atoms with E-state index >= 15 is 0 Å². The van der Waals surface area contributed by atoms with E-state index < -0.39 is 10.8 Å². The van der Waals surface area contributed by atoms with Crippen LogP contribution in [-0.2, 0) is 0 Å². The molecule has 0 saturated heterocycles. The van der Waals surface area contributed by atoms with Crippen molar-refractivity contribution >= 4 is 17.3 Å². The second kappa shape index (κ2) is 5.83. The largest absolute Gasteiger partial charge is 0.383 e. The molecule has 0 aliphatic rings. The van der Waals surface area contributed by atoms with Crippen LogP contribution < -0.4 is 10.6 Å². The lowest BCUT2D eigenvalue weighted by Crippen LogP contribution is -2.25. The number of rotatable bonds is 5. The molecule has 6 nitrogen and oxygen atoms in total. The molecule has 0 aromatic heterocycles. The van der Waals surface area contributed by atoms with Crippen LogP contribution in [0.4, 0.5) is 11.4 Å². The number of nitrogens with zero attached hydrogens (tertiary/aromatic N) is 1. The Balaban J connectivity index is 3.14. The minimum absolute atomic E-state index is 0.0790. The number of nitrogens with one attached hydrogen (secondary N) is 2. The third-order valence-corrected chi connectivity index (χ3v) is 2.27. The summed E-state index contributed by atoms with van der Waals surface area (Å²) in [6.45, 7) is 2.42. The second-order valence-corrected chi connectivity index (χ2v) is 3.46. The first kappa shape index (κ1) is 13.0. The summed E-state index contributed by atoms with van der Waals surface area (Å²) >= 11 is 0. The summed E-state index contributed by atoms with van der Waals surface area (Å²) in [5.74, 6) is -0.421. The molecule has 0 bridgehead atoms. The molecule has 0 fully saturated rings. The summed E-state index contributed by atoms with van der Waals surface area (Å²) in [6, 6.07) is 4.62. The highest BCUT2D eigenvalue weighted by atomic mass is 16.6. The molecule has 1 aromatic rings. The van der Waals surface area contributed by atoms with Gasteiger partial charge in [-0.25, -0.2) is 0 Å². The summed E-state index contributed by atoms with van der Waals surface area (Å²) < 4.78 is 0. The molecule has 0 radical (unpaired) electrons. The Morgan fingerprint density at radius 3 is 2.71 bits per heavy atom. The SMILES string of the molecule is CCCNC(=O)c1cccc(NC)c1[N+](=O)[O-]. The Morgan fingerprint density at radius 1 is 1.47 bits per heavy atom. The molecule has 1 aromatic carbocycles. The van der Waals surface area contributed by atoms with Crippen LogP contribution in [0.3, 0.4) is 0 Å². The minimum Gasteiger partial charge on any atom is -0.383 e. The van der Waals surface area contributed by atoms with Crippen LogP contribution in [0.25, 0.3) is 0 Å². The second-order valence-electron chi connectivity index (χ2n) is 3.46. The van der Waals surface area contributed by atoms with Crippen LogP contribution >= 0.6 is 0 Å². The number of nitro benzene ring substituents is 1. The highest BCUT2D eigenvalue weighted by molar-refractivity contribution is 6.00. The molecule has 0 saturated carbocycles. The van der Waals surface area contributed by atoms with Crippen molar-refractivity contribution in [2.24, 2.45) is 0 Å². The highest BCUT2D eigenvalue weighted by Gasteiger charge is 2.23. The van der Waals surface area contributed by atoms with E-state index in [0.717, 1.165) is 6.42 Å². The molecule has 0 atom stereocenters. The van der Waals surface area contributed by atoms with E-state index in [9.17, 15) is 14.9 Å². The van der Waals surface area contributed by atoms with Crippen LogP contribution in [0.1, 0.15) is 23.7 Å². The normalized spacial score (nSPS) is 9.76. The fourth-order valence-corrected chi connectivity index (χ4v) is 1.46. The van der Waals surface area contributed by atoms with E-state index in [-0.39, 0.29) is 11.3 Å². The van der Waals surface area contributed by atoms with Gasteiger partial charge in [0.05, 0.1) is 4.92 Å². The molecule has 92 valence electrons. The van der Waals surface area contributed by atoms with Gasteiger partial charge in [-0.2, -0.15) is 0 Å². The number of carbonyl (C=O) groups is 1. The molecular weight excluding hydrogens is 222 g/mol. The standard InChI is InChI=1S/C11H15N3O3/c1-3-7-13-11(15)8-5-4-6-9(12-2)10(8)14(16)17/h4-6,12H,3,7H2,1-2H3,(H,13,15). The van der Waals surface area contributed by atoms with Crippen molar-refractivity contribution in [3.63, 3.8) is 0 Å². The van der Waals surface area contributed by atoms with Gasteiger partial charge in [-0.05, 0) is 18.6 Å². The van der Waals surface area contributed by atoms with Gasteiger partial charge in [-0.15, -0.1) is 0 Å². The third kappa shape index (κ3) is 2.93. The fraction of sp³-hybridized carbons (Fsp3) is 0.364. The average molecular weight is 237 g/mol. The van der Waals surface area contributed by atoms with Crippen molar-refractivity contribution < 1.29 is 9.72 Å². The Labute approximate surface area is 99.2 Å². The molecule has 1 rings (SSSR count). The molecule has 0 heterocycles. The first-order valence-corrected chi connectivity index (χ1v) is 5.35. The van der Waals surface area contributed by atoms with Crippen molar-refractivity contribution in [1.29, 1.82) is 0 Å². The van der Waals surface area contributed by atoms with Gasteiger partial charge in [-0.1, -0.05) is 13.0 Å². The zero-order valence-electron chi connectivity index (χ0n) is 9.82. The van der Waals surface area contributed by atoms with Gasteiger partial charge >= 0.3 is 5.69 Å². The van der Waals surface area contributed by atoms with Crippen LogP contribution in [0.5, 0.6) is 0 Å². The molecule has 0 spiro atoms. The van der Waals surface area contributed by atoms with E-state index in [1.807, 2.05) is 6.92 Å². The number of nitro groups is 1. The number of hydrogen-bond donors (Lipinski definition) is 2. The predicted octanol–water partition coefficient (Wildman–Crippen LogP) is 1.78. The quantitative estimate of drug-likeness (QED) is 0.603. The molecule has 0 aliphatic carbocycles. The van der Waals surface area contributed by atoms with E-state index in [4.69, 9.17) is 0 Å². The fourth-order valence-electron chi connectivity index (χ4n) is 1.46. The summed E-state index contributed by atoms with van der Waals surface area (Å²) in [4.78, 5) is 22.2. The smallest absolute Gasteiger partial charge is 0.305 e. The Morgan fingerprint density at radius 2 is 2.18 bits per heavy atom. The molecule has 2 N–H and O–H groups in total. The van der Waals surface area contributed by atoms with Crippen molar-refractivity contribution in [1.82, 2.24) is 5.32 Å². The van der Waals surface area contributed by atoms with Gasteiger partial charge in [0, 0.05) is 13.6 Å². The maximum Gasteiger partial charge on any atom is 0.305 e. The third-order valence-electron chi connectivity index (χ3n) is 2.27. The van der Waals surface area contributed by atoms with Gasteiger partial charge in [0.1, 0.15) is 11.3 Å². The van der Waals surface area contributed by atoms with E-state index in [1.165, 1.54) is 6.07 Å². The topological polar surface area (TPSA) is 84.3 Å². The Kier molecular flexibility index (Phi) is 4.45. The van der Waals surface area contributed by atoms with Gasteiger partial charge in [0.2, 0.25) is 0 Å². The van der Waals surface area contributed by atoms with Crippen LogP contribution in [0.2, 0.25) is 0 Å². The lowest BCUT2D eigenvalue weighted by molar-refractivity contribution is -0.384. The van der Waals surface area contributed by atoms with Gasteiger partial charge in [-0.3, -0.25) is 14.9 Å². The Hall–Kier alpha value is -2.11. The monoisotopic (exact) mass is 237 g/mol. The summed E-state index contributed by atoms with van der Waals surface area (Å²) in [5, 5.41) is 16.3. The first-order chi connectivity index (χ1) is 8.11. The molecule has 0 aliphatic heterocycles. The van der Waals surface area contributed by atoms with E-state index in [0.29, 0.717) is 12.2 Å². The lowest BCUT2D eigenvalue weighted by atomic mass is 10.1. The van der Waals surface area contributed by atoms with Crippen LogP contribution in [0, 0.1) is 10.1 Å². The van der Waals surface area contributed by atoms with Crippen molar-refractivity contribution in [2.45, 2.75) is 13.3 Å². The summed E-state index contributed by atoms with van der Waals surface area (Å²) in [7, 11) is 1.58. The van der Waals surface area contributed by atoms with Gasteiger partial charge in [0.25, 0.3) is 5.91 Å². The summed E-state index contributed by atoms with van der Waals surface area (Å²) in [5.41, 5.74) is 0.220. The number of para-hydroxylation sites is 1. The molecule has 6 heteroatoms. The van der Waals surface area contributed by atoms with E-state index in [1.54, 1.807) is 19.2 Å². The summed E-state index contributed by atoms with van der Waals surface area (Å²) in [6.07, 6.45) is 0.783. The van der Waals surface area contributed by atoms with Crippen molar-refractivity contribution in [3.8, 4) is 0 Å². The molecular formula is C11H15N3O3. The van der Waals surface area contributed by atoms with Crippen molar-refractivity contribution in [2.75, 3.05) is 18.9 Å². The van der Waals surface area contributed by atoms with Gasteiger partial charge < -0.3 is 10.6 Å². The minimum atomic E-state index is -0.549. The molecule has 17 heavy (non-hydrogen) atoms. The Bertz CT molecular complexity index is 432. The van der Waals surface area contributed by atoms with Crippen LogP contribution in [0.15, 0.2) is 18.2 Å². The maximum atomic E-state index is 11.8. The predicted molar refractivity (Wildman–Crippen MR) is 65.3 cm³/mol. The number of amides is 1. The van der Waals surface area contributed by atoms with Gasteiger partial charge in [0.15, 0.2) is 0 Å². The number of hydrogen-bond acceptors (Lipinski definition) is 4. The zero-order chi connectivity index (χ0) is 12.8. The number of anilines is 1. The number of benzene rings is 1. The average Bonchev–Trinajstić information content (AvgIpc) is 2.34. The zero-order valence-corrected chi connectivity index (χ0v) is 9.82. The highest BCUT2D eigenvalue weighted by Crippen LogP contribution is 2.27. The maximum absolute atomic E-state index is 11.8. The van der Waals surface area contributed by atoms with Crippen LogP contribution in [-0.4, -0.2) is 24.4 Å². The molecule has 0 unspecified atom stereocenters. The number of carbonyl (C=O) groups excluding carboxylic acids is 1. The van der Waals surface area contributed by atoms with E-state index in [2.05, 4.69) is 10.6 Å².